The predicted octanol–water partition coefficient (Wildman–Crippen LogP) is 2.80. The molecule has 0 bridgehead atoms. The molecule has 7 heteroatoms. The minimum atomic E-state index is -3.25. The third-order valence-corrected chi connectivity index (χ3v) is 7.07. The Bertz CT molecular complexity index is 742. The number of nitrogens with one attached hydrogen (secondary N) is 1. The summed E-state index contributed by atoms with van der Waals surface area (Å²) in [4.78, 5) is 14.2. The largest absolute Gasteiger partial charge is 0.494 e. The molecular weight excluding hydrogens is 364 g/mol. The molecule has 1 heterocycles. The number of ketones is 1. The molecule has 0 spiro atoms. The summed E-state index contributed by atoms with van der Waals surface area (Å²) in [6.07, 6.45) is 4.60. The van der Waals surface area contributed by atoms with Gasteiger partial charge >= 0.3 is 0 Å². The van der Waals surface area contributed by atoms with Crippen LogP contribution in [0, 0.1) is 5.92 Å². The summed E-state index contributed by atoms with van der Waals surface area (Å²) >= 11 is 0. The number of carbonyl (C=O) groups is 1. The quantitative estimate of drug-likeness (QED) is 0.488. The number of rotatable bonds is 10. The number of hydrogen-bond donors (Lipinski definition) is 1. The zero-order chi connectivity index (χ0) is 19.4. The normalized spacial score (nSPS) is 20.9. The number of sulfonamides is 1. The summed E-state index contributed by atoms with van der Waals surface area (Å²) < 4.78 is 32.8. The van der Waals surface area contributed by atoms with E-state index < -0.39 is 15.3 Å². The Balaban J connectivity index is 1.41. The number of carbonyl (C=O) groups excluding carboxylic acids is 1. The second-order valence-electron chi connectivity index (χ2n) is 7.77. The molecule has 150 valence electrons. The van der Waals surface area contributed by atoms with Crippen molar-refractivity contribution in [2.75, 3.05) is 19.7 Å². The van der Waals surface area contributed by atoms with Crippen molar-refractivity contribution in [2.24, 2.45) is 5.92 Å². The summed E-state index contributed by atoms with van der Waals surface area (Å²) in [7, 11) is -3.25. The summed E-state index contributed by atoms with van der Waals surface area (Å²) in [5.74, 6) is 1.24. The van der Waals surface area contributed by atoms with Gasteiger partial charge in [0.15, 0.2) is 5.78 Å². The summed E-state index contributed by atoms with van der Waals surface area (Å²) in [5.41, 5.74) is 0.766. The Labute approximate surface area is 162 Å². The third kappa shape index (κ3) is 5.53. The monoisotopic (exact) mass is 394 g/mol. The third-order valence-electron chi connectivity index (χ3n) is 5.23. The van der Waals surface area contributed by atoms with Crippen LogP contribution in [-0.2, 0) is 10.0 Å². The molecule has 1 aromatic carbocycles. The van der Waals surface area contributed by atoms with Crippen molar-refractivity contribution in [2.45, 2.75) is 57.4 Å². The van der Waals surface area contributed by atoms with Crippen LogP contribution in [0.25, 0.3) is 0 Å². The fourth-order valence-electron chi connectivity index (χ4n) is 3.31. The molecule has 1 N–H and O–H groups in total. The molecule has 1 aromatic rings. The van der Waals surface area contributed by atoms with Gasteiger partial charge < -0.3 is 4.74 Å². The number of hydrogen-bond acceptors (Lipinski definition) is 5. The molecule has 27 heavy (non-hydrogen) atoms. The van der Waals surface area contributed by atoms with E-state index >= 15 is 0 Å². The first-order chi connectivity index (χ1) is 12.9. The van der Waals surface area contributed by atoms with Gasteiger partial charge in [0.2, 0.25) is 10.0 Å². The van der Waals surface area contributed by atoms with Gasteiger partial charge in [-0.2, -0.15) is 4.72 Å². The molecule has 1 aliphatic carbocycles. The van der Waals surface area contributed by atoms with Crippen molar-refractivity contribution >= 4 is 15.8 Å². The average Bonchev–Trinajstić information content (AvgIpc) is 3.40. The van der Waals surface area contributed by atoms with Crippen LogP contribution in [0.3, 0.4) is 0 Å². The van der Waals surface area contributed by atoms with Crippen LogP contribution in [0.5, 0.6) is 5.75 Å². The molecule has 0 amide bonds. The highest BCUT2D eigenvalue weighted by Crippen LogP contribution is 2.32. The molecule has 2 aliphatic rings. The molecule has 1 aliphatic heterocycles. The highest BCUT2D eigenvalue weighted by Gasteiger charge is 2.30. The van der Waals surface area contributed by atoms with Gasteiger partial charge in [-0.1, -0.05) is 0 Å². The highest BCUT2D eigenvalue weighted by atomic mass is 32.2. The van der Waals surface area contributed by atoms with Crippen LogP contribution in [0.4, 0.5) is 0 Å². The van der Waals surface area contributed by atoms with Crippen LogP contribution in [0.2, 0.25) is 0 Å². The Hall–Kier alpha value is -1.44. The van der Waals surface area contributed by atoms with E-state index in [1.54, 1.807) is 13.8 Å². The first-order valence-electron chi connectivity index (χ1n) is 9.89. The van der Waals surface area contributed by atoms with Gasteiger partial charge in [0.1, 0.15) is 5.75 Å². The molecule has 1 saturated heterocycles. The van der Waals surface area contributed by atoms with Gasteiger partial charge in [0, 0.05) is 18.0 Å². The second kappa shape index (κ2) is 8.71. The van der Waals surface area contributed by atoms with Crippen molar-refractivity contribution in [1.82, 2.24) is 9.62 Å². The number of Topliss-reactive ketones (excluding diaryl/α,β-unsaturated/α-hetero) is 1. The molecule has 2 fully saturated rings. The van der Waals surface area contributed by atoms with E-state index in [-0.39, 0.29) is 17.9 Å². The lowest BCUT2D eigenvalue weighted by Crippen LogP contribution is -2.46. The molecular formula is C20H30N2O4S. The van der Waals surface area contributed by atoms with Crippen molar-refractivity contribution in [3.8, 4) is 5.75 Å². The first-order valence-corrected chi connectivity index (χ1v) is 11.4. The second-order valence-corrected chi connectivity index (χ2v) is 10.0. The zero-order valence-corrected chi connectivity index (χ0v) is 17.0. The maximum Gasteiger partial charge on any atom is 0.215 e. The molecule has 1 atom stereocenters. The fourth-order valence-corrected chi connectivity index (χ4v) is 4.23. The van der Waals surface area contributed by atoms with Gasteiger partial charge in [0.25, 0.3) is 0 Å². The lowest BCUT2D eigenvalue weighted by atomic mass is 10.1. The van der Waals surface area contributed by atoms with Crippen molar-refractivity contribution in [1.29, 1.82) is 0 Å². The first kappa shape index (κ1) is 20.3. The number of nitrogens with zero attached hydrogens (tertiary/aromatic N) is 1. The van der Waals surface area contributed by atoms with E-state index in [0.717, 1.165) is 56.5 Å². The Morgan fingerprint density at radius 1 is 1.22 bits per heavy atom. The Kier molecular flexibility index (Phi) is 6.55. The Morgan fingerprint density at radius 2 is 1.93 bits per heavy atom. The molecule has 6 nitrogen and oxygen atoms in total. The lowest BCUT2D eigenvalue weighted by Gasteiger charge is -2.26. The summed E-state index contributed by atoms with van der Waals surface area (Å²) in [5, 5.41) is -0.418. The number of benzene rings is 1. The van der Waals surface area contributed by atoms with E-state index in [2.05, 4.69) is 9.62 Å². The molecule has 1 saturated carbocycles. The molecule has 0 aromatic heterocycles. The van der Waals surface area contributed by atoms with Gasteiger partial charge in [-0.15, -0.1) is 0 Å². The zero-order valence-electron chi connectivity index (χ0n) is 16.2. The van der Waals surface area contributed by atoms with Crippen LogP contribution in [0.15, 0.2) is 24.3 Å². The smallest absolute Gasteiger partial charge is 0.215 e. The minimum absolute atomic E-state index is 0.106. The predicted molar refractivity (Wildman–Crippen MR) is 105 cm³/mol. The fraction of sp³-hybridized carbons (Fsp3) is 0.650. The molecule has 1 unspecified atom stereocenters. The van der Waals surface area contributed by atoms with Gasteiger partial charge in [-0.25, -0.2) is 8.42 Å². The van der Waals surface area contributed by atoms with Crippen molar-refractivity contribution in [3.63, 3.8) is 0 Å². The number of ether oxygens (including phenoxy) is 1. The van der Waals surface area contributed by atoms with Crippen LogP contribution in [0.1, 0.15) is 56.3 Å². The van der Waals surface area contributed by atoms with Crippen molar-refractivity contribution in [3.05, 3.63) is 29.8 Å². The maximum absolute atomic E-state index is 12.1. The van der Waals surface area contributed by atoms with E-state index in [4.69, 9.17) is 4.74 Å². The standard InChI is InChI=1S/C20H30N2O4S/c1-15(2)27(24,25)21-19-5-3-12-22(19)13-4-14-26-18-10-8-17(9-11-18)20(23)16-6-7-16/h8-11,15-16,19,21H,3-7,12-14H2,1-2H3. The van der Waals surface area contributed by atoms with E-state index in [1.165, 1.54) is 0 Å². The lowest BCUT2D eigenvalue weighted by molar-refractivity contribution is 0.0967. The van der Waals surface area contributed by atoms with Crippen LogP contribution < -0.4 is 9.46 Å². The van der Waals surface area contributed by atoms with Gasteiger partial charge in [0.05, 0.1) is 18.0 Å². The van der Waals surface area contributed by atoms with Gasteiger partial charge in [-0.3, -0.25) is 9.69 Å². The van der Waals surface area contributed by atoms with Gasteiger partial charge in [-0.05, 0) is 76.8 Å². The van der Waals surface area contributed by atoms with E-state index in [1.807, 2.05) is 24.3 Å². The molecule has 0 radical (unpaired) electrons. The summed E-state index contributed by atoms with van der Waals surface area (Å²) in [6, 6.07) is 7.39. The maximum atomic E-state index is 12.1. The molecule has 3 rings (SSSR count). The number of likely N-dealkylation sites (tertiary alicyclic amines) is 1. The average molecular weight is 395 g/mol. The minimum Gasteiger partial charge on any atom is -0.494 e. The van der Waals surface area contributed by atoms with Crippen LogP contribution in [-0.4, -0.2) is 50.2 Å². The van der Waals surface area contributed by atoms with Crippen LogP contribution >= 0.6 is 0 Å². The van der Waals surface area contributed by atoms with E-state index in [0.29, 0.717) is 6.61 Å². The van der Waals surface area contributed by atoms with E-state index in [9.17, 15) is 13.2 Å². The summed E-state index contributed by atoms with van der Waals surface area (Å²) in [6.45, 7) is 5.65. The topological polar surface area (TPSA) is 75.7 Å². The van der Waals surface area contributed by atoms with Crippen molar-refractivity contribution < 1.29 is 17.9 Å². The highest BCUT2D eigenvalue weighted by molar-refractivity contribution is 7.90. The Morgan fingerprint density at radius 3 is 2.56 bits per heavy atom. The SMILES string of the molecule is CC(C)S(=O)(=O)NC1CCCN1CCCOc1ccc(C(=O)C2CC2)cc1.